The van der Waals surface area contributed by atoms with Gasteiger partial charge >= 0.3 is 0 Å². The highest BCUT2D eigenvalue weighted by Gasteiger charge is 2.20. The Balaban J connectivity index is 1.55. The molecular weight excluding hydrogens is 574 g/mol. The molecule has 226 valence electrons. The molecule has 0 aliphatic rings. The summed E-state index contributed by atoms with van der Waals surface area (Å²) in [4.78, 5) is 40.5. The van der Waals surface area contributed by atoms with Gasteiger partial charge in [0.05, 0.1) is 19.5 Å². The number of rotatable bonds is 12. The van der Waals surface area contributed by atoms with Crippen molar-refractivity contribution in [1.29, 1.82) is 0 Å². The molecule has 0 radical (unpaired) electrons. The van der Waals surface area contributed by atoms with Crippen LogP contribution in [-0.2, 0) is 9.59 Å². The van der Waals surface area contributed by atoms with E-state index in [4.69, 9.17) is 9.47 Å². The number of para-hydroxylation sites is 1. The summed E-state index contributed by atoms with van der Waals surface area (Å²) >= 11 is 1.41. The second kappa shape index (κ2) is 15.5. The Bertz CT molecular complexity index is 1660. The lowest BCUT2D eigenvalue weighted by atomic mass is 10.1. The number of methoxy groups -OCH3 is 2. The number of anilines is 2. The van der Waals surface area contributed by atoms with Crippen molar-refractivity contribution in [3.05, 3.63) is 119 Å². The molecule has 0 saturated heterocycles. The number of carbonyl (C=O) groups excluding carboxylic acids is 3. The quantitative estimate of drug-likeness (QED) is 0.119. The Morgan fingerprint density at radius 1 is 0.841 bits per heavy atom. The predicted octanol–water partition coefficient (Wildman–Crippen LogP) is 6.93. The van der Waals surface area contributed by atoms with Gasteiger partial charge in [-0.15, -0.1) is 11.8 Å². The number of amides is 3. The molecule has 1 unspecified atom stereocenters. The van der Waals surface area contributed by atoms with Crippen LogP contribution in [0.4, 0.5) is 11.4 Å². The van der Waals surface area contributed by atoms with E-state index in [0.29, 0.717) is 34.7 Å². The Hall–Kier alpha value is -5.02. The van der Waals surface area contributed by atoms with E-state index in [9.17, 15) is 14.4 Å². The smallest absolute Gasteiger partial charge is 0.272 e. The molecular formula is C35H35N3O5S. The number of hydrogen-bond acceptors (Lipinski definition) is 6. The predicted molar refractivity (Wildman–Crippen MR) is 176 cm³/mol. The van der Waals surface area contributed by atoms with Crippen LogP contribution in [0.1, 0.15) is 34.8 Å². The molecule has 3 N–H and O–H groups in total. The summed E-state index contributed by atoms with van der Waals surface area (Å²) in [6.45, 7) is 3.91. The maximum atomic E-state index is 13.6. The Labute approximate surface area is 261 Å². The van der Waals surface area contributed by atoms with Crippen molar-refractivity contribution in [2.45, 2.75) is 30.4 Å². The maximum absolute atomic E-state index is 13.6. The number of hydrogen-bond donors (Lipinski definition) is 3. The molecule has 4 aromatic carbocycles. The first-order valence-electron chi connectivity index (χ1n) is 14.1. The molecule has 0 saturated carbocycles. The minimum absolute atomic E-state index is 0.0180. The first-order chi connectivity index (χ1) is 21.3. The fourth-order valence-corrected chi connectivity index (χ4v) is 5.31. The van der Waals surface area contributed by atoms with Gasteiger partial charge in [-0.25, -0.2) is 0 Å². The third-order valence-electron chi connectivity index (χ3n) is 6.71. The minimum Gasteiger partial charge on any atom is -0.497 e. The van der Waals surface area contributed by atoms with Crippen LogP contribution in [-0.4, -0.2) is 37.2 Å². The summed E-state index contributed by atoms with van der Waals surface area (Å²) in [5, 5.41) is 8.31. The molecule has 3 amide bonds. The van der Waals surface area contributed by atoms with Gasteiger partial charge in [0.1, 0.15) is 17.2 Å². The topological polar surface area (TPSA) is 106 Å². The van der Waals surface area contributed by atoms with Crippen molar-refractivity contribution in [3.8, 4) is 11.5 Å². The Morgan fingerprint density at radius 3 is 2.30 bits per heavy atom. The lowest BCUT2D eigenvalue weighted by Gasteiger charge is -2.17. The average molecular weight is 610 g/mol. The Morgan fingerprint density at radius 2 is 1.59 bits per heavy atom. The number of aryl methyl sites for hydroxylation is 1. The van der Waals surface area contributed by atoms with Gasteiger partial charge in [0.25, 0.3) is 11.8 Å². The second-order valence-corrected chi connectivity index (χ2v) is 11.1. The molecule has 8 nitrogen and oxygen atoms in total. The number of benzene rings is 4. The van der Waals surface area contributed by atoms with E-state index in [0.717, 1.165) is 16.1 Å². The number of thioether (sulfide) groups is 1. The van der Waals surface area contributed by atoms with Crippen LogP contribution < -0.4 is 25.4 Å². The molecule has 0 aliphatic carbocycles. The summed E-state index contributed by atoms with van der Waals surface area (Å²) in [5.74, 6) is -0.00130. The molecule has 0 aromatic heterocycles. The normalized spacial score (nSPS) is 11.7. The SMILES string of the molecule is CCC(Sc1cccc(NC(=O)/C(=C\c2ccc(OC)cc2OC)NC(=O)c2ccccc2)c1)C(=O)Nc1ccccc1C. The summed E-state index contributed by atoms with van der Waals surface area (Å²) in [5.41, 5.74) is 3.27. The summed E-state index contributed by atoms with van der Waals surface area (Å²) in [6.07, 6.45) is 2.16. The first-order valence-corrected chi connectivity index (χ1v) is 14.9. The van der Waals surface area contributed by atoms with Crippen molar-refractivity contribution in [2.24, 2.45) is 0 Å². The Kier molecular flexibility index (Phi) is 11.2. The van der Waals surface area contributed by atoms with Crippen LogP contribution in [0.3, 0.4) is 0 Å². The maximum Gasteiger partial charge on any atom is 0.272 e. The van der Waals surface area contributed by atoms with Crippen LogP contribution in [0.2, 0.25) is 0 Å². The van der Waals surface area contributed by atoms with E-state index in [1.165, 1.54) is 18.9 Å². The van der Waals surface area contributed by atoms with Crippen molar-refractivity contribution < 1.29 is 23.9 Å². The molecule has 4 rings (SSSR count). The number of ether oxygens (including phenoxy) is 2. The van der Waals surface area contributed by atoms with E-state index in [2.05, 4.69) is 16.0 Å². The molecule has 9 heteroatoms. The van der Waals surface area contributed by atoms with E-state index < -0.39 is 11.8 Å². The number of nitrogens with one attached hydrogen (secondary N) is 3. The van der Waals surface area contributed by atoms with Crippen LogP contribution in [0.25, 0.3) is 6.08 Å². The summed E-state index contributed by atoms with van der Waals surface area (Å²) in [6, 6.07) is 28.7. The standard InChI is InChI=1S/C35H35N3O5S/c1-5-32(35(41)37-29-17-10-9-12-23(29)2)44-28-16-11-15-26(21-28)36-34(40)30(38-33(39)24-13-7-6-8-14-24)20-25-18-19-27(42-3)22-31(25)43-4/h6-22,32H,5H2,1-4H3,(H,36,40)(H,37,41)(H,38,39)/b30-20+. The van der Waals surface area contributed by atoms with E-state index >= 15 is 0 Å². The molecule has 4 aromatic rings. The lowest BCUT2D eigenvalue weighted by molar-refractivity contribution is -0.116. The summed E-state index contributed by atoms with van der Waals surface area (Å²) < 4.78 is 10.8. The van der Waals surface area contributed by atoms with Gasteiger partial charge in [-0.05, 0) is 73.5 Å². The molecule has 44 heavy (non-hydrogen) atoms. The number of carbonyl (C=O) groups is 3. The van der Waals surface area contributed by atoms with E-state index in [1.807, 2.05) is 56.3 Å². The zero-order chi connectivity index (χ0) is 31.5. The van der Waals surface area contributed by atoms with Gasteiger partial charge in [-0.3, -0.25) is 14.4 Å². The summed E-state index contributed by atoms with van der Waals surface area (Å²) in [7, 11) is 3.07. The monoisotopic (exact) mass is 609 g/mol. The van der Waals surface area contributed by atoms with Crippen LogP contribution in [0.5, 0.6) is 11.5 Å². The van der Waals surface area contributed by atoms with Gasteiger partial charge in [0.2, 0.25) is 5.91 Å². The molecule has 1 atom stereocenters. The van der Waals surface area contributed by atoms with Crippen molar-refractivity contribution in [1.82, 2.24) is 5.32 Å². The fourth-order valence-electron chi connectivity index (χ4n) is 4.29. The van der Waals surface area contributed by atoms with Crippen molar-refractivity contribution in [2.75, 3.05) is 24.9 Å². The highest BCUT2D eigenvalue weighted by atomic mass is 32.2. The zero-order valence-corrected chi connectivity index (χ0v) is 25.9. The molecule has 0 aliphatic heterocycles. The van der Waals surface area contributed by atoms with Crippen LogP contribution >= 0.6 is 11.8 Å². The highest BCUT2D eigenvalue weighted by molar-refractivity contribution is 8.00. The van der Waals surface area contributed by atoms with Gasteiger partial charge in [-0.2, -0.15) is 0 Å². The van der Waals surface area contributed by atoms with E-state index in [-0.39, 0.29) is 16.9 Å². The molecule has 0 heterocycles. The molecule has 0 fully saturated rings. The van der Waals surface area contributed by atoms with Crippen LogP contribution in [0, 0.1) is 6.92 Å². The first kappa shape index (κ1) is 31.9. The zero-order valence-electron chi connectivity index (χ0n) is 25.0. The fraction of sp³-hybridized carbons (Fsp3) is 0.171. The third-order valence-corrected chi connectivity index (χ3v) is 8.06. The minimum atomic E-state index is -0.529. The van der Waals surface area contributed by atoms with E-state index in [1.54, 1.807) is 67.8 Å². The average Bonchev–Trinajstić information content (AvgIpc) is 3.04. The lowest BCUT2D eigenvalue weighted by Crippen LogP contribution is -2.30. The van der Waals surface area contributed by atoms with Crippen LogP contribution in [0.15, 0.2) is 108 Å². The third kappa shape index (κ3) is 8.52. The highest BCUT2D eigenvalue weighted by Crippen LogP contribution is 2.30. The van der Waals surface area contributed by atoms with Gasteiger partial charge in [0, 0.05) is 33.5 Å². The molecule has 0 bridgehead atoms. The van der Waals surface area contributed by atoms with Gasteiger partial charge < -0.3 is 25.4 Å². The largest absolute Gasteiger partial charge is 0.497 e. The van der Waals surface area contributed by atoms with Crippen molar-refractivity contribution in [3.63, 3.8) is 0 Å². The van der Waals surface area contributed by atoms with Gasteiger partial charge in [-0.1, -0.05) is 49.4 Å². The second-order valence-electron chi connectivity index (χ2n) is 9.79. The van der Waals surface area contributed by atoms with Gasteiger partial charge in [0.15, 0.2) is 0 Å². The molecule has 0 spiro atoms. The van der Waals surface area contributed by atoms with Crippen molar-refractivity contribution >= 4 is 46.9 Å².